The van der Waals surface area contributed by atoms with Gasteiger partial charge in [0, 0.05) is 12.6 Å². The van der Waals surface area contributed by atoms with E-state index in [9.17, 15) is 18.7 Å². The highest BCUT2D eigenvalue weighted by atomic mass is 19.1. The maximum Gasteiger partial charge on any atom is 0.258 e. The van der Waals surface area contributed by atoms with Crippen molar-refractivity contribution in [3.8, 4) is 5.75 Å². The fraction of sp³-hybridized carbons (Fsp3) is 0.500. The van der Waals surface area contributed by atoms with Gasteiger partial charge in [-0.25, -0.2) is 8.78 Å². The van der Waals surface area contributed by atoms with E-state index >= 15 is 0 Å². The first kappa shape index (κ1) is 16.4. The first-order chi connectivity index (χ1) is 9.22. The summed E-state index contributed by atoms with van der Waals surface area (Å²) >= 11 is 0. The third-order valence-corrected chi connectivity index (χ3v) is 3.14. The standard InChI is InChI=1S/C14H19F2NO3/c1-9(2)14(3,19)8-17-13(18)7-20-12-5-4-10(15)6-11(12)16/h4-6,9,19H,7-8H2,1-3H3,(H,17,18). The molecule has 1 unspecified atom stereocenters. The monoisotopic (exact) mass is 287 g/mol. The summed E-state index contributed by atoms with van der Waals surface area (Å²) < 4.78 is 30.9. The van der Waals surface area contributed by atoms with Crippen molar-refractivity contribution < 1.29 is 23.4 Å². The van der Waals surface area contributed by atoms with Gasteiger partial charge in [0.25, 0.3) is 5.91 Å². The molecule has 0 radical (unpaired) electrons. The second kappa shape index (κ2) is 6.65. The van der Waals surface area contributed by atoms with Crippen molar-refractivity contribution in [2.24, 2.45) is 5.92 Å². The molecule has 1 rings (SSSR count). The van der Waals surface area contributed by atoms with E-state index < -0.39 is 29.7 Å². The normalized spacial score (nSPS) is 13.9. The number of hydrogen-bond donors (Lipinski definition) is 2. The van der Waals surface area contributed by atoms with Gasteiger partial charge in [-0.3, -0.25) is 4.79 Å². The Morgan fingerprint density at radius 3 is 2.65 bits per heavy atom. The first-order valence-electron chi connectivity index (χ1n) is 6.29. The smallest absolute Gasteiger partial charge is 0.258 e. The molecule has 1 aromatic rings. The van der Waals surface area contributed by atoms with Gasteiger partial charge in [-0.1, -0.05) is 13.8 Å². The zero-order valence-electron chi connectivity index (χ0n) is 11.7. The third-order valence-electron chi connectivity index (χ3n) is 3.14. The van der Waals surface area contributed by atoms with Crippen LogP contribution in [0.1, 0.15) is 20.8 Å². The molecule has 0 fully saturated rings. The lowest BCUT2D eigenvalue weighted by atomic mass is 9.93. The van der Waals surface area contributed by atoms with Gasteiger partial charge in [-0.05, 0) is 25.0 Å². The van der Waals surface area contributed by atoms with E-state index in [-0.39, 0.29) is 18.2 Å². The zero-order valence-corrected chi connectivity index (χ0v) is 11.7. The number of halogens is 2. The summed E-state index contributed by atoms with van der Waals surface area (Å²) in [5, 5.41) is 12.4. The SMILES string of the molecule is CC(C)C(C)(O)CNC(=O)COc1ccc(F)cc1F. The van der Waals surface area contributed by atoms with Crippen LogP contribution in [-0.4, -0.2) is 29.8 Å². The molecule has 2 N–H and O–H groups in total. The summed E-state index contributed by atoms with van der Waals surface area (Å²) in [6.45, 7) is 4.93. The molecule has 4 nitrogen and oxygen atoms in total. The minimum atomic E-state index is -1.03. The minimum Gasteiger partial charge on any atom is -0.481 e. The number of hydrogen-bond acceptors (Lipinski definition) is 3. The van der Waals surface area contributed by atoms with E-state index in [0.717, 1.165) is 12.1 Å². The van der Waals surface area contributed by atoms with E-state index in [1.807, 2.05) is 13.8 Å². The molecule has 0 bridgehead atoms. The quantitative estimate of drug-likeness (QED) is 0.839. The van der Waals surface area contributed by atoms with Gasteiger partial charge in [0.2, 0.25) is 0 Å². The number of nitrogens with one attached hydrogen (secondary N) is 1. The van der Waals surface area contributed by atoms with Crippen molar-refractivity contribution in [3.05, 3.63) is 29.8 Å². The number of aliphatic hydroxyl groups is 1. The van der Waals surface area contributed by atoms with Gasteiger partial charge in [0.15, 0.2) is 18.2 Å². The van der Waals surface area contributed by atoms with Crippen molar-refractivity contribution in [1.29, 1.82) is 0 Å². The van der Waals surface area contributed by atoms with E-state index in [0.29, 0.717) is 6.07 Å². The Balaban J connectivity index is 2.44. The van der Waals surface area contributed by atoms with Crippen molar-refractivity contribution >= 4 is 5.91 Å². The molecule has 0 aliphatic rings. The van der Waals surface area contributed by atoms with Crippen LogP contribution in [0.4, 0.5) is 8.78 Å². The van der Waals surface area contributed by atoms with Crippen LogP contribution in [0.2, 0.25) is 0 Å². The molecule has 0 saturated heterocycles. The van der Waals surface area contributed by atoms with Crippen molar-refractivity contribution in [2.45, 2.75) is 26.4 Å². The van der Waals surface area contributed by atoms with E-state index in [1.165, 1.54) is 0 Å². The van der Waals surface area contributed by atoms with Crippen LogP contribution in [0, 0.1) is 17.6 Å². The average molecular weight is 287 g/mol. The van der Waals surface area contributed by atoms with Gasteiger partial charge in [-0.2, -0.15) is 0 Å². The van der Waals surface area contributed by atoms with Crippen molar-refractivity contribution in [3.63, 3.8) is 0 Å². The topological polar surface area (TPSA) is 58.6 Å². The summed E-state index contributed by atoms with van der Waals surface area (Å²) in [4.78, 5) is 11.5. The van der Waals surface area contributed by atoms with Crippen LogP contribution in [-0.2, 0) is 4.79 Å². The van der Waals surface area contributed by atoms with Crippen LogP contribution in [0.3, 0.4) is 0 Å². The van der Waals surface area contributed by atoms with Crippen LogP contribution >= 0.6 is 0 Å². The predicted molar refractivity (Wildman–Crippen MR) is 70.3 cm³/mol. The number of carbonyl (C=O) groups is 1. The third kappa shape index (κ3) is 4.77. The predicted octanol–water partition coefficient (Wildman–Crippen LogP) is 1.87. The van der Waals surface area contributed by atoms with Gasteiger partial charge in [0.1, 0.15) is 5.82 Å². The van der Waals surface area contributed by atoms with Crippen molar-refractivity contribution in [2.75, 3.05) is 13.2 Å². The zero-order chi connectivity index (χ0) is 15.3. The maximum atomic E-state index is 13.2. The Kier molecular flexibility index (Phi) is 5.44. The summed E-state index contributed by atoms with van der Waals surface area (Å²) in [5.41, 5.74) is -1.03. The van der Waals surface area contributed by atoms with Gasteiger partial charge in [-0.15, -0.1) is 0 Å². The molecule has 1 aromatic carbocycles. The Hall–Kier alpha value is -1.69. The molecule has 20 heavy (non-hydrogen) atoms. The number of benzene rings is 1. The second-order valence-corrected chi connectivity index (χ2v) is 5.15. The lowest BCUT2D eigenvalue weighted by Gasteiger charge is -2.27. The molecule has 6 heteroatoms. The molecule has 0 aliphatic heterocycles. The molecule has 0 aromatic heterocycles. The van der Waals surface area contributed by atoms with E-state index in [2.05, 4.69) is 5.32 Å². The number of amides is 1. The molecule has 0 spiro atoms. The van der Waals surface area contributed by atoms with E-state index in [4.69, 9.17) is 4.74 Å². The maximum absolute atomic E-state index is 13.2. The Morgan fingerprint density at radius 2 is 2.10 bits per heavy atom. The lowest BCUT2D eigenvalue weighted by molar-refractivity contribution is -0.124. The first-order valence-corrected chi connectivity index (χ1v) is 6.29. The van der Waals surface area contributed by atoms with Crippen molar-refractivity contribution in [1.82, 2.24) is 5.32 Å². The second-order valence-electron chi connectivity index (χ2n) is 5.15. The number of ether oxygens (including phenoxy) is 1. The van der Waals surface area contributed by atoms with E-state index in [1.54, 1.807) is 6.92 Å². The minimum absolute atomic E-state index is 0.0294. The van der Waals surface area contributed by atoms with Gasteiger partial charge >= 0.3 is 0 Å². The summed E-state index contributed by atoms with van der Waals surface area (Å²) in [6.07, 6.45) is 0. The number of rotatable bonds is 6. The highest BCUT2D eigenvalue weighted by molar-refractivity contribution is 5.77. The molecule has 1 amide bonds. The molecular formula is C14H19F2NO3. The molecule has 1 atom stereocenters. The molecule has 0 heterocycles. The van der Waals surface area contributed by atoms with Crippen LogP contribution < -0.4 is 10.1 Å². The fourth-order valence-electron chi connectivity index (χ4n) is 1.27. The summed E-state index contributed by atoms with van der Waals surface area (Å²) in [5.74, 6) is -2.30. The lowest BCUT2D eigenvalue weighted by Crippen LogP contribution is -2.45. The van der Waals surface area contributed by atoms with Gasteiger partial charge in [0.05, 0.1) is 5.60 Å². The highest BCUT2D eigenvalue weighted by Crippen LogP contribution is 2.17. The van der Waals surface area contributed by atoms with Crippen LogP contribution in [0.15, 0.2) is 18.2 Å². The highest BCUT2D eigenvalue weighted by Gasteiger charge is 2.25. The Labute approximate surface area is 116 Å². The Morgan fingerprint density at radius 1 is 1.45 bits per heavy atom. The fourth-order valence-corrected chi connectivity index (χ4v) is 1.27. The largest absolute Gasteiger partial charge is 0.481 e. The average Bonchev–Trinajstić information content (AvgIpc) is 2.35. The van der Waals surface area contributed by atoms with Crippen LogP contribution in [0.5, 0.6) is 5.75 Å². The molecule has 0 aliphatic carbocycles. The van der Waals surface area contributed by atoms with Crippen LogP contribution in [0.25, 0.3) is 0 Å². The molecule has 112 valence electrons. The summed E-state index contributed by atoms with van der Waals surface area (Å²) in [7, 11) is 0. The summed E-state index contributed by atoms with van der Waals surface area (Å²) in [6, 6.07) is 2.83. The number of carbonyl (C=O) groups excluding carboxylic acids is 1. The molecular weight excluding hydrogens is 268 g/mol. The van der Waals surface area contributed by atoms with Gasteiger partial charge < -0.3 is 15.2 Å². The Bertz CT molecular complexity index is 475. The molecule has 0 saturated carbocycles.